The van der Waals surface area contributed by atoms with Crippen LogP contribution in [0.5, 0.6) is 0 Å². The van der Waals surface area contributed by atoms with Crippen molar-refractivity contribution in [3.63, 3.8) is 0 Å². The van der Waals surface area contributed by atoms with E-state index in [1.54, 1.807) is 4.90 Å². The molecule has 6 nitrogen and oxygen atoms in total. The van der Waals surface area contributed by atoms with Crippen LogP contribution in [0.1, 0.15) is 47.9 Å². The lowest BCUT2D eigenvalue weighted by Crippen LogP contribution is -2.51. The van der Waals surface area contributed by atoms with Crippen LogP contribution in [0.15, 0.2) is 41.3 Å². The Bertz CT molecular complexity index is 1160. The Kier molecular flexibility index (Phi) is 6.21. The first kappa shape index (κ1) is 23.6. The number of pyridine rings is 1. The summed E-state index contributed by atoms with van der Waals surface area (Å²) in [7, 11) is -4.01. The molecule has 1 unspecified atom stereocenters. The van der Waals surface area contributed by atoms with Gasteiger partial charge in [0.1, 0.15) is 16.4 Å². The van der Waals surface area contributed by atoms with Gasteiger partial charge in [0.25, 0.3) is 5.91 Å². The summed E-state index contributed by atoms with van der Waals surface area (Å²) in [5.74, 6) is -1.22. The summed E-state index contributed by atoms with van der Waals surface area (Å²) in [5.41, 5.74) is -0.751. The number of halogens is 4. The second-order valence-corrected chi connectivity index (χ2v) is 10.3. The average molecular weight is 486 g/mol. The molecule has 1 atom stereocenters. The van der Waals surface area contributed by atoms with Crippen molar-refractivity contribution < 1.29 is 30.8 Å². The summed E-state index contributed by atoms with van der Waals surface area (Å²) in [6, 6.07) is 6.63. The lowest BCUT2D eigenvalue weighted by atomic mass is 10.0. The topological polar surface area (TPSA) is 70.6 Å². The van der Waals surface area contributed by atoms with Crippen molar-refractivity contribution in [3.8, 4) is 0 Å². The van der Waals surface area contributed by atoms with Crippen LogP contribution in [0.3, 0.4) is 0 Å². The number of aryl methyl sites for hydroxylation is 1. The molecular formula is C22H23F4N3O3S. The van der Waals surface area contributed by atoms with Gasteiger partial charge in [0.2, 0.25) is 10.0 Å². The molecule has 1 amide bonds. The van der Waals surface area contributed by atoms with Gasteiger partial charge in [-0.25, -0.2) is 17.8 Å². The van der Waals surface area contributed by atoms with E-state index in [1.165, 1.54) is 28.6 Å². The Morgan fingerprint density at radius 3 is 2.33 bits per heavy atom. The maximum Gasteiger partial charge on any atom is 0.433 e. The van der Waals surface area contributed by atoms with Crippen LogP contribution in [0, 0.1) is 5.82 Å². The maximum absolute atomic E-state index is 14.1. The third kappa shape index (κ3) is 4.48. The number of nitrogens with zero attached hydrogens (tertiary/aromatic N) is 3. The number of benzene rings is 1. The van der Waals surface area contributed by atoms with Crippen molar-refractivity contribution in [2.45, 2.75) is 55.8 Å². The quantitative estimate of drug-likeness (QED) is 0.619. The number of hydrogen-bond acceptors (Lipinski definition) is 4. The zero-order valence-corrected chi connectivity index (χ0v) is 18.7. The highest BCUT2D eigenvalue weighted by Gasteiger charge is 2.39. The van der Waals surface area contributed by atoms with Gasteiger partial charge < -0.3 is 4.90 Å². The number of hydrogen-bond donors (Lipinski definition) is 0. The predicted octanol–water partition coefficient (Wildman–Crippen LogP) is 3.87. The van der Waals surface area contributed by atoms with Gasteiger partial charge in [0.15, 0.2) is 0 Å². The van der Waals surface area contributed by atoms with Gasteiger partial charge in [0.05, 0.1) is 11.3 Å². The van der Waals surface area contributed by atoms with Crippen molar-refractivity contribution in [2.24, 2.45) is 0 Å². The molecule has 178 valence electrons. The molecule has 2 aromatic rings. The fraction of sp³-hybridized carbons (Fsp3) is 0.455. The van der Waals surface area contributed by atoms with Crippen LogP contribution < -0.4 is 0 Å². The number of fused-ring (bicyclic) bond motifs is 1. The van der Waals surface area contributed by atoms with Crippen molar-refractivity contribution in [3.05, 3.63) is 59.2 Å². The van der Waals surface area contributed by atoms with Gasteiger partial charge >= 0.3 is 6.18 Å². The summed E-state index contributed by atoms with van der Waals surface area (Å²) in [6.45, 7) is 2.04. The second kappa shape index (κ2) is 8.68. The predicted molar refractivity (Wildman–Crippen MR) is 111 cm³/mol. The van der Waals surface area contributed by atoms with E-state index in [4.69, 9.17) is 0 Å². The van der Waals surface area contributed by atoms with Crippen LogP contribution in [-0.2, 0) is 22.6 Å². The molecule has 0 radical (unpaired) electrons. The molecule has 1 aromatic carbocycles. The molecule has 0 saturated carbocycles. The fourth-order valence-corrected chi connectivity index (χ4v) is 6.08. The number of amides is 1. The lowest BCUT2D eigenvalue weighted by Gasteiger charge is -2.40. The molecule has 2 aliphatic heterocycles. The number of carbonyl (C=O) groups excluding carboxylic acids is 1. The zero-order chi connectivity index (χ0) is 24.0. The highest BCUT2D eigenvalue weighted by Crippen LogP contribution is 2.32. The molecule has 11 heteroatoms. The van der Waals surface area contributed by atoms with E-state index < -0.39 is 33.6 Å². The van der Waals surface area contributed by atoms with Gasteiger partial charge in [-0.3, -0.25) is 4.79 Å². The first-order chi connectivity index (χ1) is 15.5. The highest BCUT2D eigenvalue weighted by molar-refractivity contribution is 7.89. The van der Waals surface area contributed by atoms with Gasteiger partial charge in [-0.15, -0.1) is 0 Å². The van der Waals surface area contributed by atoms with Crippen molar-refractivity contribution in [2.75, 3.05) is 13.1 Å². The Labute approximate surface area is 189 Å². The number of rotatable bonds is 3. The van der Waals surface area contributed by atoms with E-state index in [0.29, 0.717) is 19.3 Å². The van der Waals surface area contributed by atoms with E-state index in [1.807, 2.05) is 6.92 Å². The smallest absolute Gasteiger partial charge is 0.333 e. The largest absolute Gasteiger partial charge is 0.433 e. The number of carbonyl (C=O) groups is 1. The Morgan fingerprint density at radius 2 is 1.70 bits per heavy atom. The van der Waals surface area contributed by atoms with E-state index in [2.05, 4.69) is 4.98 Å². The van der Waals surface area contributed by atoms with E-state index in [9.17, 15) is 30.8 Å². The summed E-state index contributed by atoms with van der Waals surface area (Å²) in [4.78, 5) is 18.2. The number of alkyl halides is 3. The fourth-order valence-electron chi connectivity index (χ4n) is 4.55. The van der Waals surface area contributed by atoms with Gasteiger partial charge in [0, 0.05) is 25.2 Å². The van der Waals surface area contributed by atoms with Gasteiger partial charge in [-0.05, 0) is 56.9 Å². The summed E-state index contributed by atoms with van der Waals surface area (Å²) >= 11 is 0. The summed E-state index contributed by atoms with van der Waals surface area (Å²) in [5, 5.41) is 0. The molecule has 1 fully saturated rings. The molecule has 3 heterocycles. The average Bonchev–Trinajstić information content (AvgIpc) is 2.89. The molecule has 1 saturated heterocycles. The molecular weight excluding hydrogens is 462 g/mol. The molecule has 33 heavy (non-hydrogen) atoms. The molecule has 1 aromatic heterocycles. The van der Waals surface area contributed by atoms with Crippen LogP contribution in [0.4, 0.5) is 17.6 Å². The molecule has 2 aliphatic rings. The zero-order valence-electron chi connectivity index (χ0n) is 17.8. The summed E-state index contributed by atoms with van der Waals surface area (Å²) < 4.78 is 80.1. The van der Waals surface area contributed by atoms with Crippen LogP contribution >= 0.6 is 0 Å². The second-order valence-electron chi connectivity index (χ2n) is 8.35. The Balaban J connectivity index is 1.53. The van der Waals surface area contributed by atoms with Crippen LogP contribution in [0.2, 0.25) is 0 Å². The Morgan fingerprint density at radius 1 is 1.03 bits per heavy atom. The summed E-state index contributed by atoms with van der Waals surface area (Å²) in [6.07, 6.45) is -3.23. The molecule has 0 aliphatic carbocycles. The van der Waals surface area contributed by atoms with Crippen molar-refractivity contribution in [1.82, 2.24) is 14.2 Å². The number of piperidine rings is 1. The third-order valence-electron chi connectivity index (χ3n) is 6.27. The molecule has 0 bridgehead atoms. The molecule has 4 rings (SSSR count). The number of sulfonamides is 1. The van der Waals surface area contributed by atoms with Crippen molar-refractivity contribution in [1.29, 1.82) is 0 Å². The standard InChI is InChI=1S/C22H23F4N3O3S/c1-14-6-8-18-16(7-9-20(27-18)22(24,25)26)21(30)29(14)15-10-12-28(13-11-15)33(31,32)19-5-3-2-4-17(19)23/h2-5,7,9,14-15H,6,8,10-13H2,1H3. The normalized spacial score (nSPS) is 21.1. The minimum absolute atomic E-state index is 0.107. The van der Waals surface area contributed by atoms with E-state index >= 15 is 0 Å². The number of aromatic nitrogens is 1. The van der Waals surface area contributed by atoms with Crippen LogP contribution in [-0.4, -0.2) is 53.7 Å². The molecule has 0 N–H and O–H groups in total. The maximum atomic E-state index is 14.1. The third-order valence-corrected chi connectivity index (χ3v) is 8.21. The first-order valence-corrected chi connectivity index (χ1v) is 12.1. The molecule has 0 spiro atoms. The van der Waals surface area contributed by atoms with E-state index in [-0.39, 0.29) is 47.7 Å². The van der Waals surface area contributed by atoms with Crippen LogP contribution in [0.25, 0.3) is 0 Å². The monoisotopic (exact) mass is 485 g/mol. The first-order valence-electron chi connectivity index (χ1n) is 10.6. The van der Waals surface area contributed by atoms with Gasteiger partial charge in [-0.2, -0.15) is 17.5 Å². The van der Waals surface area contributed by atoms with E-state index in [0.717, 1.165) is 12.1 Å². The van der Waals surface area contributed by atoms with Crippen molar-refractivity contribution >= 4 is 15.9 Å². The highest BCUT2D eigenvalue weighted by atomic mass is 32.2. The Hall–Kier alpha value is -2.53. The minimum Gasteiger partial charge on any atom is -0.333 e. The van der Waals surface area contributed by atoms with Gasteiger partial charge in [-0.1, -0.05) is 12.1 Å². The lowest BCUT2D eigenvalue weighted by molar-refractivity contribution is -0.141. The minimum atomic E-state index is -4.59. The SMILES string of the molecule is CC1CCc2nc(C(F)(F)F)ccc2C(=O)N1C1CCN(S(=O)(=O)c2ccccc2F)CC1.